The summed E-state index contributed by atoms with van der Waals surface area (Å²) in [6.45, 7) is 0.444. The lowest BCUT2D eigenvalue weighted by Crippen LogP contribution is -2.08. The van der Waals surface area contributed by atoms with Crippen LogP contribution in [0.4, 0.5) is 0 Å². The molecule has 0 amide bonds. The zero-order valence-corrected chi connectivity index (χ0v) is 9.20. The van der Waals surface area contributed by atoms with E-state index in [2.05, 4.69) is 15.9 Å². The van der Waals surface area contributed by atoms with Gasteiger partial charge in [-0.15, -0.1) is 0 Å². The third kappa shape index (κ3) is 1.87. The Kier molecular flexibility index (Phi) is 2.68. The van der Waals surface area contributed by atoms with Crippen LogP contribution in [-0.4, -0.2) is 15.7 Å². The molecular weight excluding hydrogens is 242 g/mol. The van der Waals surface area contributed by atoms with E-state index in [9.17, 15) is 4.79 Å². The quantitative estimate of drug-likeness (QED) is 0.769. The van der Waals surface area contributed by atoms with Gasteiger partial charge in [0.15, 0.2) is 5.78 Å². The second-order valence-corrected chi connectivity index (χ2v) is 3.79. The number of halogens is 1. The summed E-state index contributed by atoms with van der Waals surface area (Å²) in [4.78, 5) is 11.2. The van der Waals surface area contributed by atoms with Crippen LogP contribution in [0, 0.1) is 0 Å². The van der Waals surface area contributed by atoms with Gasteiger partial charge in [-0.3, -0.25) is 4.79 Å². The molecule has 72 valence electrons. The van der Waals surface area contributed by atoms with E-state index >= 15 is 0 Å². The molecule has 0 saturated carbocycles. The zero-order valence-electron chi connectivity index (χ0n) is 7.61. The van der Waals surface area contributed by atoms with Crippen molar-refractivity contribution in [1.82, 2.24) is 4.57 Å². The van der Waals surface area contributed by atoms with Crippen LogP contribution >= 0.6 is 15.9 Å². The molecule has 3 heteroatoms. The van der Waals surface area contributed by atoms with Crippen molar-refractivity contribution in [2.75, 3.05) is 5.33 Å². The average molecular weight is 252 g/mol. The van der Waals surface area contributed by atoms with Crippen LogP contribution in [0.25, 0.3) is 10.8 Å². The van der Waals surface area contributed by atoms with Gasteiger partial charge >= 0.3 is 0 Å². The van der Waals surface area contributed by atoms with Crippen LogP contribution < -0.4 is 0 Å². The highest BCUT2D eigenvalue weighted by Crippen LogP contribution is 2.14. The molecule has 2 rings (SSSR count). The second kappa shape index (κ2) is 3.96. The number of ketones is 1. The van der Waals surface area contributed by atoms with E-state index in [0.29, 0.717) is 11.9 Å². The highest BCUT2D eigenvalue weighted by Gasteiger charge is 2.02. The van der Waals surface area contributed by atoms with Crippen LogP contribution in [0.3, 0.4) is 0 Å². The van der Waals surface area contributed by atoms with Gasteiger partial charge in [-0.2, -0.15) is 0 Å². The Labute approximate surface area is 90.7 Å². The molecule has 0 spiro atoms. The summed E-state index contributed by atoms with van der Waals surface area (Å²) in [5.74, 6) is 0.185. The van der Waals surface area contributed by atoms with Crippen molar-refractivity contribution in [3.63, 3.8) is 0 Å². The van der Waals surface area contributed by atoms with E-state index in [-0.39, 0.29) is 5.78 Å². The minimum atomic E-state index is 0.185. The Balaban J connectivity index is 2.31. The van der Waals surface area contributed by atoms with Crippen LogP contribution in [-0.2, 0) is 11.3 Å². The molecule has 1 aromatic heterocycles. The Hall–Kier alpha value is -1.09. The van der Waals surface area contributed by atoms with E-state index in [1.54, 1.807) is 0 Å². The molecular formula is C11H10BrNO. The first kappa shape index (κ1) is 9.46. The number of carbonyl (C=O) groups is 1. The Morgan fingerprint density at radius 1 is 1.21 bits per heavy atom. The summed E-state index contributed by atoms with van der Waals surface area (Å²) in [7, 11) is 0. The van der Waals surface area contributed by atoms with E-state index in [1.165, 1.54) is 10.8 Å². The maximum absolute atomic E-state index is 11.2. The molecule has 1 aromatic carbocycles. The number of hydrogen-bond donors (Lipinski definition) is 0. The van der Waals surface area contributed by atoms with Crippen LogP contribution in [0.1, 0.15) is 0 Å². The van der Waals surface area contributed by atoms with Crippen molar-refractivity contribution in [3.05, 3.63) is 36.7 Å². The number of rotatable bonds is 3. The summed E-state index contributed by atoms with van der Waals surface area (Å²) in [5.41, 5.74) is 0. The number of nitrogens with zero attached hydrogens (tertiary/aromatic N) is 1. The Bertz CT molecular complexity index is 428. The van der Waals surface area contributed by atoms with Crippen molar-refractivity contribution in [2.45, 2.75) is 6.54 Å². The molecule has 0 bridgehead atoms. The lowest BCUT2D eigenvalue weighted by molar-refractivity contribution is -0.117. The Morgan fingerprint density at radius 2 is 1.79 bits per heavy atom. The SMILES string of the molecule is O=C(CBr)Cn1cc2ccccc2c1. The molecule has 0 aliphatic heterocycles. The Morgan fingerprint density at radius 3 is 2.29 bits per heavy atom. The minimum absolute atomic E-state index is 0.185. The fraction of sp³-hybridized carbons (Fsp3) is 0.182. The maximum atomic E-state index is 11.2. The first-order valence-electron chi connectivity index (χ1n) is 4.42. The van der Waals surface area contributed by atoms with E-state index in [1.807, 2.05) is 41.2 Å². The molecule has 0 saturated heterocycles. The number of hydrogen-bond acceptors (Lipinski definition) is 1. The molecule has 14 heavy (non-hydrogen) atoms. The van der Waals surface area contributed by atoms with Crippen molar-refractivity contribution in [3.8, 4) is 0 Å². The predicted octanol–water partition coefficient (Wildman–Crippen LogP) is 2.61. The molecule has 0 unspecified atom stereocenters. The summed E-state index contributed by atoms with van der Waals surface area (Å²) in [6.07, 6.45) is 3.99. The van der Waals surface area contributed by atoms with Gasteiger partial charge in [-0.05, 0) is 10.8 Å². The maximum Gasteiger partial charge on any atom is 0.162 e. The first-order chi connectivity index (χ1) is 6.79. The van der Waals surface area contributed by atoms with Gasteiger partial charge in [0, 0.05) is 12.4 Å². The molecule has 0 atom stereocenters. The third-order valence-electron chi connectivity index (χ3n) is 2.11. The monoisotopic (exact) mass is 251 g/mol. The van der Waals surface area contributed by atoms with Crippen molar-refractivity contribution in [2.24, 2.45) is 0 Å². The summed E-state index contributed by atoms with van der Waals surface area (Å²) in [5, 5.41) is 2.77. The fourth-order valence-electron chi connectivity index (χ4n) is 1.48. The smallest absolute Gasteiger partial charge is 0.162 e. The lowest BCUT2D eigenvalue weighted by Gasteiger charge is -1.97. The first-order valence-corrected chi connectivity index (χ1v) is 5.54. The minimum Gasteiger partial charge on any atom is -0.346 e. The number of Topliss-reactive ketones (excluding diaryl/α,β-unsaturated/α-hetero) is 1. The largest absolute Gasteiger partial charge is 0.346 e. The number of carbonyl (C=O) groups excluding carboxylic acids is 1. The molecule has 0 aliphatic rings. The van der Waals surface area contributed by atoms with E-state index < -0.39 is 0 Å². The van der Waals surface area contributed by atoms with Crippen LogP contribution in [0.15, 0.2) is 36.7 Å². The second-order valence-electron chi connectivity index (χ2n) is 3.23. The fourth-order valence-corrected chi connectivity index (χ4v) is 1.66. The predicted molar refractivity (Wildman–Crippen MR) is 60.7 cm³/mol. The van der Waals surface area contributed by atoms with E-state index in [0.717, 1.165) is 0 Å². The normalized spacial score (nSPS) is 10.6. The third-order valence-corrected chi connectivity index (χ3v) is 2.74. The zero-order chi connectivity index (χ0) is 9.97. The van der Waals surface area contributed by atoms with Gasteiger partial charge in [-0.25, -0.2) is 0 Å². The van der Waals surface area contributed by atoms with Gasteiger partial charge in [0.05, 0.1) is 11.9 Å². The number of alkyl halides is 1. The van der Waals surface area contributed by atoms with Crippen molar-refractivity contribution < 1.29 is 4.79 Å². The molecule has 1 heterocycles. The highest BCUT2D eigenvalue weighted by atomic mass is 79.9. The molecule has 0 aliphatic carbocycles. The van der Waals surface area contributed by atoms with Gasteiger partial charge in [0.1, 0.15) is 0 Å². The van der Waals surface area contributed by atoms with Crippen LogP contribution in [0.5, 0.6) is 0 Å². The molecule has 0 N–H and O–H groups in total. The van der Waals surface area contributed by atoms with Gasteiger partial charge in [-0.1, -0.05) is 40.2 Å². The molecule has 0 fully saturated rings. The highest BCUT2D eigenvalue weighted by molar-refractivity contribution is 9.09. The topological polar surface area (TPSA) is 22.0 Å². The van der Waals surface area contributed by atoms with Crippen molar-refractivity contribution in [1.29, 1.82) is 0 Å². The number of fused-ring (bicyclic) bond motifs is 1. The molecule has 2 aromatic rings. The summed E-state index contributed by atoms with van der Waals surface area (Å²) >= 11 is 3.15. The van der Waals surface area contributed by atoms with Gasteiger partial charge in [0.25, 0.3) is 0 Å². The molecule has 2 nitrogen and oxygen atoms in total. The summed E-state index contributed by atoms with van der Waals surface area (Å²) in [6, 6.07) is 8.09. The molecule has 0 radical (unpaired) electrons. The van der Waals surface area contributed by atoms with Crippen LogP contribution in [0.2, 0.25) is 0 Å². The number of aromatic nitrogens is 1. The lowest BCUT2D eigenvalue weighted by atomic mass is 10.2. The standard InChI is InChI=1S/C11H10BrNO/c12-5-11(14)8-13-6-9-3-1-2-4-10(9)7-13/h1-4,6-7H,5,8H2. The summed E-state index contributed by atoms with van der Waals surface area (Å²) < 4.78 is 1.92. The van der Waals surface area contributed by atoms with Crippen molar-refractivity contribution >= 4 is 32.5 Å². The van der Waals surface area contributed by atoms with E-state index in [4.69, 9.17) is 0 Å². The average Bonchev–Trinajstić information content (AvgIpc) is 2.59. The van der Waals surface area contributed by atoms with Gasteiger partial charge in [0.2, 0.25) is 0 Å². The number of benzene rings is 1. The van der Waals surface area contributed by atoms with Gasteiger partial charge < -0.3 is 4.57 Å².